The van der Waals surface area contributed by atoms with E-state index in [1.807, 2.05) is 0 Å². The van der Waals surface area contributed by atoms with Crippen LogP contribution in [0, 0.1) is 0 Å². The quantitative estimate of drug-likeness (QED) is 0.780. The van der Waals surface area contributed by atoms with Crippen LogP contribution in [0.5, 0.6) is 0 Å². The molecule has 1 heterocycles. The fourth-order valence-corrected chi connectivity index (χ4v) is 2.62. The van der Waals surface area contributed by atoms with Gasteiger partial charge in [-0.15, -0.1) is 9.35 Å². The largest absolute Gasteiger partial charge is 0.286 e. The molecule has 0 aromatic heterocycles. The number of carbonyl (C=O) groups excluding carboxylic acids is 2. The molecule has 0 bridgehead atoms. The summed E-state index contributed by atoms with van der Waals surface area (Å²) >= 11 is 0. The minimum absolute atomic E-state index is 0.237. The second-order valence-corrected chi connectivity index (χ2v) is 5.95. The van der Waals surface area contributed by atoms with Gasteiger partial charge in [-0.05, 0) is 17.5 Å². The van der Waals surface area contributed by atoms with Crippen molar-refractivity contribution in [3.63, 3.8) is 0 Å². The van der Waals surface area contributed by atoms with Crippen molar-refractivity contribution in [3.05, 3.63) is 47.5 Å². The molecule has 1 aliphatic rings. The Labute approximate surface area is 114 Å². The molecule has 0 saturated heterocycles. The van der Waals surface area contributed by atoms with Crippen molar-refractivity contribution in [1.82, 2.24) is 5.06 Å². The van der Waals surface area contributed by atoms with Gasteiger partial charge in [0, 0.05) is 5.39 Å². The van der Waals surface area contributed by atoms with E-state index in [0.717, 1.165) is 11.6 Å². The van der Waals surface area contributed by atoms with Crippen LogP contribution in [0.4, 0.5) is 0 Å². The minimum atomic E-state index is -3.98. The van der Waals surface area contributed by atoms with Gasteiger partial charge in [-0.25, -0.2) is 0 Å². The molecule has 7 heteroatoms. The maximum absolute atomic E-state index is 12.2. The summed E-state index contributed by atoms with van der Waals surface area (Å²) in [5, 5.41) is 1.53. The summed E-state index contributed by atoms with van der Waals surface area (Å²) < 4.78 is 26.9. The van der Waals surface area contributed by atoms with E-state index in [4.69, 9.17) is 0 Å². The van der Waals surface area contributed by atoms with Gasteiger partial charge in [0.2, 0.25) is 0 Å². The summed E-state index contributed by atoms with van der Waals surface area (Å²) in [5.41, 5.74) is 0.475. The van der Waals surface area contributed by atoms with E-state index in [0.29, 0.717) is 5.39 Å². The van der Waals surface area contributed by atoms with Crippen molar-refractivity contribution in [2.75, 3.05) is 6.26 Å². The Kier molecular flexibility index (Phi) is 2.63. The monoisotopic (exact) mass is 291 g/mol. The first-order valence-electron chi connectivity index (χ1n) is 5.68. The van der Waals surface area contributed by atoms with Crippen LogP contribution in [0.3, 0.4) is 0 Å². The molecule has 102 valence electrons. The average molecular weight is 291 g/mol. The molecule has 3 rings (SSSR count). The molecular formula is C13H9NO5S. The molecule has 1 aliphatic heterocycles. The van der Waals surface area contributed by atoms with Crippen LogP contribution >= 0.6 is 0 Å². The van der Waals surface area contributed by atoms with Crippen molar-refractivity contribution in [1.29, 1.82) is 0 Å². The topological polar surface area (TPSA) is 80.8 Å². The van der Waals surface area contributed by atoms with Gasteiger partial charge in [-0.3, -0.25) is 9.59 Å². The zero-order valence-corrected chi connectivity index (χ0v) is 11.2. The van der Waals surface area contributed by atoms with Gasteiger partial charge < -0.3 is 0 Å². The van der Waals surface area contributed by atoms with Gasteiger partial charge in [-0.1, -0.05) is 24.3 Å². The third-order valence-corrected chi connectivity index (χ3v) is 3.36. The minimum Gasteiger partial charge on any atom is -0.266 e. The second kappa shape index (κ2) is 4.12. The lowest BCUT2D eigenvalue weighted by Crippen LogP contribution is -2.41. The van der Waals surface area contributed by atoms with E-state index in [9.17, 15) is 18.0 Å². The molecule has 20 heavy (non-hydrogen) atoms. The van der Waals surface area contributed by atoms with Crippen LogP contribution in [0.15, 0.2) is 36.4 Å². The lowest BCUT2D eigenvalue weighted by atomic mass is 9.95. The number of hydroxylamine groups is 2. The van der Waals surface area contributed by atoms with Gasteiger partial charge in [0.05, 0.1) is 17.4 Å². The van der Waals surface area contributed by atoms with Gasteiger partial charge in [0.25, 0.3) is 21.9 Å². The highest BCUT2D eigenvalue weighted by atomic mass is 32.2. The normalized spacial score (nSPS) is 14.9. The predicted octanol–water partition coefficient (Wildman–Crippen LogP) is 1.33. The van der Waals surface area contributed by atoms with Crippen molar-refractivity contribution < 1.29 is 22.3 Å². The summed E-state index contributed by atoms with van der Waals surface area (Å²) in [7, 11) is -3.98. The highest BCUT2D eigenvalue weighted by Gasteiger charge is 2.35. The lowest BCUT2D eigenvalue weighted by molar-refractivity contribution is -0.0149. The third-order valence-electron chi connectivity index (χ3n) is 2.94. The molecule has 0 radical (unpaired) electrons. The number of hydrogen-bond donors (Lipinski definition) is 0. The highest BCUT2D eigenvalue weighted by Crippen LogP contribution is 2.30. The molecule has 2 aromatic carbocycles. The summed E-state index contributed by atoms with van der Waals surface area (Å²) in [6.45, 7) is 0. The van der Waals surface area contributed by atoms with Gasteiger partial charge in [0.1, 0.15) is 0 Å². The van der Waals surface area contributed by atoms with Crippen molar-refractivity contribution in [3.8, 4) is 0 Å². The van der Waals surface area contributed by atoms with Crippen LogP contribution in [0.1, 0.15) is 20.7 Å². The number of imide groups is 1. The first kappa shape index (κ1) is 12.8. The Hall–Kier alpha value is -2.25. The van der Waals surface area contributed by atoms with E-state index in [2.05, 4.69) is 4.28 Å². The average Bonchev–Trinajstić information content (AvgIpc) is 2.39. The van der Waals surface area contributed by atoms with Gasteiger partial charge >= 0.3 is 0 Å². The molecule has 0 spiro atoms. The molecule has 0 saturated carbocycles. The van der Waals surface area contributed by atoms with E-state index in [-0.39, 0.29) is 16.2 Å². The van der Waals surface area contributed by atoms with Crippen LogP contribution in [0.2, 0.25) is 0 Å². The fourth-order valence-electron chi connectivity index (χ4n) is 2.21. The van der Waals surface area contributed by atoms with Crippen LogP contribution in [-0.4, -0.2) is 31.6 Å². The number of amides is 2. The molecule has 0 N–H and O–H groups in total. The third kappa shape index (κ3) is 1.87. The van der Waals surface area contributed by atoms with Crippen molar-refractivity contribution in [2.24, 2.45) is 0 Å². The molecule has 2 aromatic rings. The maximum Gasteiger partial charge on any atom is 0.286 e. The molecular weight excluding hydrogens is 282 g/mol. The number of rotatable bonds is 2. The zero-order valence-electron chi connectivity index (χ0n) is 10.4. The summed E-state index contributed by atoms with van der Waals surface area (Å²) in [5.74, 6) is -1.57. The summed E-state index contributed by atoms with van der Waals surface area (Å²) in [4.78, 5) is 24.4. The van der Waals surface area contributed by atoms with Gasteiger partial charge in [-0.2, -0.15) is 8.42 Å². The zero-order chi connectivity index (χ0) is 14.5. The van der Waals surface area contributed by atoms with E-state index < -0.39 is 21.9 Å². The van der Waals surface area contributed by atoms with E-state index in [1.54, 1.807) is 24.3 Å². The lowest BCUT2D eigenvalue weighted by Gasteiger charge is -2.24. The van der Waals surface area contributed by atoms with E-state index >= 15 is 0 Å². The van der Waals surface area contributed by atoms with Crippen LogP contribution in [0.25, 0.3) is 10.8 Å². The Morgan fingerprint density at radius 3 is 1.90 bits per heavy atom. The molecule has 2 amide bonds. The number of carbonyl (C=O) groups is 2. The molecule has 0 unspecified atom stereocenters. The predicted molar refractivity (Wildman–Crippen MR) is 70.4 cm³/mol. The smallest absolute Gasteiger partial charge is 0.266 e. The Balaban J connectivity index is 2.26. The van der Waals surface area contributed by atoms with Crippen LogP contribution in [-0.2, 0) is 14.4 Å². The highest BCUT2D eigenvalue weighted by molar-refractivity contribution is 7.85. The summed E-state index contributed by atoms with van der Waals surface area (Å²) in [6.07, 6.45) is 0.772. The number of benzene rings is 2. The SMILES string of the molecule is CS(=O)(=O)ON1C(=O)c2cccc3cccc(c23)C1=O. The molecule has 6 nitrogen and oxygen atoms in total. The first-order chi connectivity index (χ1) is 9.38. The number of hydrogen-bond acceptors (Lipinski definition) is 5. The van der Waals surface area contributed by atoms with Crippen LogP contribution < -0.4 is 0 Å². The Bertz CT molecular complexity index is 805. The van der Waals surface area contributed by atoms with E-state index in [1.165, 1.54) is 12.1 Å². The Morgan fingerprint density at radius 2 is 1.45 bits per heavy atom. The second-order valence-electron chi connectivity index (χ2n) is 4.39. The Morgan fingerprint density at radius 1 is 0.950 bits per heavy atom. The number of nitrogens with zero attached hydrogens (tertiary/aromatic N) is 1. The maximum atomic E-state index is 12.2. The fraction of sp³-hybridized carbons (Fsp3) is 0.0769. The first-order valence-corrected chi connectivity index (χ1v) is 7.50. The molecule has 0 atom stereocenters. The van der Waals surface area contributed by atoms with Crippen molar-refractivity contribution >= 4 is 32.7 Å². The summed E-state index contributed by atoms with van der Waals surface area (Å²) in [6, 6.07) is 9.92. The molecule has 0 fully saturated rings. The van der Waals surface area contributed by atoms with Crippen molar-refractivity contribution in [2.45, 2.75) is 0 Å². The standard InChI is InChI=1S/C13H9NO5S/c1-20(17,18)19-14-12(15)9-6-2-4-8-5-3-7-10(11(8)9)13(14)16/h2-7H,1H3. The molecule has 0 aliphatic carbocycles. The van der Waals surface area contributed by atoms with Gasteiger partial charge in [0.15, 0.2) is 0 Å².